The molecule has 0 aliphatic rings. The highest BCUT2D eigenvalue weighted by atomic mass is 35.5. The monoisotopic (exact) mass is 343 g/mol. The van der Waals surface area contributed by atoms with Crippen molar-refractivity contribution in [3.05, 3.63) is 59.4 Å². The molecule has 0 spiro atoms. The van der Waals surface area contributed by atoms with Gasteiger partial charge in [-0.15, -0.1) is 0 Å². The minimum absolute atomic E-state index is 0.123. The molecule has 0 saturated heterocycles. The first-order valence-corrected chi connectivity index (χ1v) is 7.57. The number of hydrogen-bond acceptors (Lipinski definition) is 5. The highest BCUT2D eigenvalue weighted by Crippen LogP contribution is 2.25. The molecule has 0 bridgehead atoms. The van der Waals surface area contributed by atoms with Gasteiger partial charge in [0.25, 0.3) is 5.89 Å². The number of benzene rings is 2. The van der Waals surface area contributed by atoms with Crippen molar-refractivity contribution < 1.29 is 14.1 Å². The van der Waals surface area contributed by atoms with E-state index < -0.39 is 0 Å². The van der Waals surface area contributed by atoms with Crippen molar-refractivity contribution in [2.45, 2.75) is 13.5 Å². The van der Waals surface area contributed by atoms with E-state index in [1.54, 1.807) is 30.3 Å². The number of halogens is 1. The fraction of sp³-hybridized carbons (Fsp3) is 0.118. The van der Waals surface area contributed by atoms with Crippen LogP contribution in [0.5, 0.6) is 5.75 Å². The number of carbonyl (C=O) groups excluding carboxylic acids is 1. The van der Waals surface area contributed by atoms with Crippen LogP contribution >= 0.6 is 11.6 Å². The predicted molar refractivity (Wildman–Crippen MR) is 89.8 cm³/mol. The van der Waals surface area contributed by atoms with Crippen LogP contribution in [0.4, 0.5) is 5.69 Å². The minimum Gasteiger partial charge on any atom is -0.484 e. The second-order valence-electron chi connectivity index (χ2n) is 4.99. The Hall–Kier alpha value is -2.86. The fourth-order valence-corrected chi connectivity index (χ4v) is 2.27. The SMILES string of the molecule is CC(=O)Nc1ccc(OCc2nc(-c3ccccc3Cl)no2)cc1. The predicted octanol–water partition coefficient (Wildman–Crippen LogP) is 3.93. The zero-order valence-electron chi connectivity index (χ0n) is 12.8. The number of hydrogen-bond donors (Lipinski definition) is 1. The van der Waals surface area contributed by atoms with E-state index in [0.717, 1.165) is 0 Å². The van der Waals surface area contributed by atoms with Crippen LogP contribution in [0, 0.1) is 0 Å². The smallest absolute Gasteiger partial charge is 0.264 e. The van der Waals surface area contributed by atoms with Gasteiger partial charge in [-0.1, -0.05) is 28.9 Å². The van der Waals surface area contributed by atoms with E-state index in [1.807, 2.05) is 18.2 Å². The second kappa shape index (κ2) is 7.14. The van der Waals surface area contributed by atoms with Crippen LogP contribution in [0.1, 0.15) is 12.8 Å². The zero-order valence-corrected chi connectivity index (χ0v) is 13.6. The Balaban J connectivity index is 1.63. The van der Waals surface area contributed by atoms with E-state index in [1.165, 1.54) is 6.92 Å². The van der Waals surface area contributed by atoms with E-state index in [2.05, 4.69) is 15.5 Å². The lowest BCUT2D eigenvalue weighted by atomic mass is 10.2. The average molecular weight is 344 g/mol. The van der Waals surface area contributed by atoms with Crippen LogP contribution in [0.15, 0.2) is 53.1 Å². The highest BCUT2D eigenvalue weighted by molar-refractivity contribution is 6.33. The van der Waals surface area contributed by atoms with Crippen molar-refractivity contribution in [1.82, 2.24) is 10.1 Å². The minimum atomic E-state index is -0.123. The van der Waals surface area contributed by atoms with Gasteiger partial charge in [0.1, 0.15) is 5.75 Å². The van der Waals surface area contributed by atoms with Crippen molar-refractivity contribution in [2.75, 3.05) is 5.32 Å². The third-order valence-electron chi connectivity index (χ3n) is 3.12. The normalized spacial score (nSPS) is 10.4. The molecule has 1 aromatic heterocycles. The molecular weight excluding hydrogens is 330 g/mol. The topological polar surface area (TPSA) is 77.2 Å². The van der Waals surface area contributed by atoms with Gasteiger partial charge in [-0.05, 0) is 36.4 Å². The van der Waals surface area contributed by atoms with Gasteiger partial charge in [0.05, 0.1) is 5.02 Å². The molecule has 1 amide bonds. The van der Waals surface area contributed by atoms with Gasteiger partial charge in [0.2, 0.25) is 11.7 Å². The number of anilines is 1. The van der Waals surface area contributed by atoms with E-state index in [0.29, 0.717) is 33.7 Å². The van der Waals surface area contributed by atoms with Gasteiger partial charge in [0.15, 0.2) is 6.61 Å². The summed E-state index contributed by atoms with van der Waals surface area (Å²) in [5.74, 6) is 1.26. The molecule has 6 nitrogen and oxygen atoms in total. The van der Waals surface area contributed by atoms with Crippen molar-refractivity contribution in [3.8, 4) is 17.1 Å². The Morgan fingerprint density at radius 2 is 1.96 bits per heavy atom. The molecule has 3 rings (SSSR count). The van der Waals surface area contributed by atoms with Crippen molar-refractivity contribution >= 4 is 23.2 Å². The molecule has 0 aliphatic heterocycles. The summed E-state index contributed by atoms with van der Waals surface area (Å²) in [6.07, 6.45) is 0. The summed E-state index contributed by atoms with van der Waals surface area (Å²) >= 11 is 6.11. The highest BCUT2D eigenvalue weighted by Gasteiger charge is 2.11. The molecule has 3 aromatic rings. The maximum atomic E-state index is 11.0. The average Bonchev–Trinajstić information content (AvgIpc) is 3.03. The molecule has 0 radical (unpaired) electrons. The van der Waals surface area contributed by atoms with E-state index in [-0.39, 0.29) is 12.5 Å². The van der Waals surface area contributed by atoms with Crippen LogP contribution in [-0.4, -0.2) is 16.0 Å². The molecule has 0 aliphatic carbocycles. The van der Waals surface area contributed by atoms with Gasteiger partial charge in [-0.2, -0.15) is 4.98 Å². The molecule has 1 heterocycles. The number of rotatable bonds is 5. The third-order valence-corrected chi connectivity index (χ3v) is 3.45. The summed E-state index contributed by atoms with van der Waals surface area (Å²) in [5, 5.41) is 7.15. The van der Waals surface area contributed by atoms with Gasteiger partial charge in [-0.25, -0.2) is 0 Å². The van der Waals surface area contributed by atoms with Gasteiger partial charge in [0, 0.05) is 18.2 Å². The van der Waals surface area contributed by atoms with Crippen LogP contribution < -0.4 is 10.1 Å². The summed E-state index contributed by atoms with van der Waals surface area (Å²) in [5.41, 5.74) is 1.41. The van der Waals surface area contributed by atoms with Crippen LogP contribution in [0.2, 0.25) is 5.02 Å². The van der Waals surface area contributed by atoms with Crippen molar-refractivity contribution in [2.24, 2.45) is 0 Å². The Bertz CT molecular complexity index is 846. The van der Waals surface area contributed by atoms with Gasteiger partial charge >= 0.3 is 0 Å². The summed E-state index contributed by atoms with van der Waals surface area (Å²) in [4.78, 5) is 15.2. The number of carbonyl (C=O) groups is 1. The first-order chi connectivity index (χ1) is 11.6. The molecular formula is C17H14ClN3O3. The van der Waals surface area contributed by atoms with E-state index in [9.17, 15) is 4.79 Å². The largest absolute Gasteiger partial charge is 0.484 e. The lowest BCUT2D eigenvalue weighted by Gasteiger charge is -2.05. The number of nitrogens with zero attached hydrogens (tertiary/aromatic N) is 2. The molecule has 0 atom stereocenters. The third kappa shape index (κ3) is 3.91. The summed E-state index contributed by atoms with van der Waals surface area (Å²) in [6.45, 7) is 1.59. The molecule has 2 aromatic carbocycles. The van der Waals surface area contributed by atoms with Crippen LogP contribution in [-0.2, 0) is 11.4 Å². The van der Waals surface area contributed by atoms with E-state index >= 15 is 0 Å². The summed E-state index contributed by atoms with van der Waals surface area (Å²) in [7, 11) is 0. The first-order valence-electron chi connectivity index (χ1n) is 7.20. The van der Waals surface area contributed by atoms with Crippen molar-refractivity contribution in [3.63, 3.8) is 0 Å². The summed E-state index contributed by atoms with van der Waals surface area (Å²) < 4.78 is 10.8. The molecule has 1 N–H and O–H groups in total. The van der Waals surface area contributed by atoms with Gasteiger partial charge in [-0.3, -0.25) is 4.79 Å². The lowest BCUT2D eigenvalue weighted by Crippen LogP contribution is -2.05. The zero-order chi connectivity index (χ0) is 16.9. The maximum absolute atomic E-state index is 11.0. The maximum Gasteiger partial charge on any atom is 0.264 e. The van der Waals surface area contributed by atoms with Crippen LogP contribution in [0.3, 0.4) is 0 Å². The molecule has 0 fully saturated rings. The molecule has 122 valence electrons. The molecule has 0 unspecified atom stereocenters. The van der Waals surface area contributed by atoms with E-state index in [4.69, 9.17) is 20.9 Å². The van der Waals surface area contributed by atoms with Gasteiger partial charge < -0.3 is 14.6 Å². The number of nitrogens with one attached hydrogen (secondary N) is 1. The Labute approximate surface area is 143 Å². The number of aromatic nitrogens is 2. The summed E-state index contributed by atoms with van der Waals surface area (Å²) in [6, 6.07) is 14.3. The molecule has 0 saturated carbocycles. The quantitative estimate of drug-likeness (QED) is 0.759. The number of amides is 1. The first kappa shape index (κ1) is 16.0. The lowest BCUT2D eigenvalue weighted by molar-refractivity contribution is -0.114. The van der Waals surface area contributed by atoms with Crippen molar-refractivity contribution in [1.29, 1.82) is 0 Å². The second-order valence-corrected chi connectivity index (χ2v) is 5.39. The standard InChI is InChI=1S/C17H14ClN3O3/c1-11(22)19-12-6-8-13(9-7-12)23-10-16-20-17(21-24-16)14-4-2-3-5-15(14)18/h2-9H,10H2,1H3,(H,19,22). The fourth-order valence-electron chi connectivity index (χ4n) is 2.05. The Kier molecular flexibility index (Phi) is 4.77. The Morgan fingerprint density at radius 1 is 1.21 bits per heavy atom. The number of ether oxygens (including phenoxy) is 1. The Morgan fingerprint density at radius 3 is 2.67 bits per heavy atom. The molecule has 7 heteroatoms. The van der Waals surface area contributed by atoms with Crippen LogP contribution in [0.25, 0.3) is 11.4 Å². The molecule has 24 heavy (non-hydrogen) atoms.